The maximum Gasteiger partial charge on any atom is 0.308 e. The fourth-order valence-corrected chi connectivity index (χ4v) is 3.11. The average molecular weight is 301 g/mol. The number of carbonyl (C=O) groups excluding carboxylic acids is 1. The van der Waals surface area contributed by atoms with Gasteiger partial charge in [-0.2, -0.15) is 0 Å². The van der Waals surface area contributed by atoms with Crippen molar-refractivity contribution in [3.8, 4) is 0 Å². The Morgan fingerprint density at radius 3 is 2.55 bits per heavy atom. The average Bonchev–Trinajstić information content (AvgIpc) is 3.02. The number of amides is 1. The van der Waals surface area contributed by atoms with Crippen LogP contribution in [0.15, 0.2) is 22.6 Å². The quantitative estimate of drug-likeness (QED) is 0.925. The van der Waals surface area contributed by atoms with Crippen LogP contribution in [0.5, 0.6) is 0 Å². The van der Waals surface area contributed by atoms with Gasteiger partial charge in [-0.1, -0.05) is 0 Å². The zero-order valence-electron chi connectivity index (χ0n) is 12.9. The van der Waals surface area contributed by atoms with Crippen LogP contribution in [0.3, 0.4) is 0 Å². The van der Waals surface area contributed by atoms with Gasteiger partial charge in [0.1, 0.15) is 5.58 Å². The third kappa shape index (κ3) is 2.26. The van der Waals surface area contributed by atoms with Crippen LogP contribution in [-0.2, 0) is 4.79 Å². The lowest BCUT2D eigenvalue weighted by molar-refractivity contribution is -0.142. The zero-order chi connectivity index (χ0) is 16.0. The van der Waals surface area contributed by atoms with E-state index in [0.717, 1.165) is 16.5 Å². The molecule has 0 spiro atoms. The van der Waals surface area contributed by atoms with Gasteiger partial charge in [0.05, 0.1) is 5.92 Å². The Labute approximate surface area is 128 Å². The molecule has 3 rings (SSSR count). The number of carboxylic acid groups (broad SMARTS) is 1. The van der Waals surface area contributed by atoms with Crippen LogP contribution in [0.2, 0.25) is 0 Å². The highest BCUT2D eigenvalue weighted by Crippen LogP contribution is 2.29. The predicted molar refractivity (Wildman–Crippen MR) is 81.9 cm³/mol. The highest BCUT2D eigenvalue weighted by Gasteiger charge is 2.39. The van der Waals surface area contributed by atoms with Gasteiger partial charge in [0.25, 0.3) is 5.91 Å². The number of aryl methyl sites for hydroxylation is 2. The van der Waals surface area contributed by atoms with Crippen molar-refractivity contribution in [2.24, 2.45) is 5.92 Å². The Morgan fingerprint density at radius 2 is 1.91 bits per heavy atom. The summed E-state index contributed by atoms with van der Waals surface area (Å²) < 4.78 is 5.68. The highest BCUT2D eigenvalue weighted by atomic mass is 16.4. The zero-order valence-corrected chi connectivity index (χ0v) is 12.9. The molecule has 2 atom stereocenters. The van der Waals surface area contributed by atoms with E-state index in [0.29, 0.717) is 18.5 Å². The van der Waals surface area contributed by atoms with Crippen LogP contribution in [0.25, 0.3) is 11.0 Å². The molecule has 0 radical (unpaired) electrons. The van der Waals surface area contributed by atoms with Crippen molar-refractivity contribution in [1.29, 1.82) is 0 Å². The van der Waals surface area contributed by atoms with Crippen LogP contribution in [-0.4, -0.2) is 34.5 Å². The number of benzene rings is 1. The summed E-state index contributed by atoms with van der Waals surface area (Å²) in [6, 6.07) is 5.35. The summed E-state index contributed by atoms with van der Waals surface area (Å²) in [5.74, 6) is -1.31. The number of likely N-dealkylation sites (tertiary alicyclic amines) is 1. The van der Waals surface area contributed by atoms with Crippen LogP contribution in [0.1, 0.15) is 35.0 Å². The molecule has 2 unspecified atom stereocenters. The third-order valence-corrected chi connectivity index (χ3v) is 4.68. The molecule has 1 aliphatic rings. The van der Waals surface area contributed by atoms with E-state index in [1.54, 1.807) is 17.9 Å². The smallest absolute Gasteiger partial charge is 0.308 e. The molecule has 1 saturated heterocycles. The van der Waals surface area contributed by atoms with E-state index in [1.807, 2.05) is 26.0 Å². The van der Waals surface area contributed by atoms with E-state index < -0.39 is 11.9 Å². The number of furan rings is 1. The molecule has 1 fully saturated rings. The summed E-state index contributed by atoms with van der Waals surface area (Å²) in [5, 5.41) is 10.1. The molecule has 1 N–H and O–H groups in total. The predicted octanol–water partition coefficient (Wildman–Crippen LogP) is 2.98. The summed E-state index contributed by atoms with van der Waals surface area (Å²) in [4.78, 5) is 25.4. The van der Waals surface area contributed by atoms with Gasteiger partial charge < -0.3 is 14.4 Å². The standard InChI is InChI=1S/C17H19NO4/c1-9-6-12-8-15(22-14(12)7-10(9)2)16(19)18-5-4-13(11(18)3)17(20)21/h6-8,11,13H,4-5H2,1-3H3,(H,20,21). The number of hydrogen-bond acceptors (Lipinski definition) is 3. The Hall–Kier alpha value is -2.30. The Balaban J connectivity index is 1.91. The fourth-order valence-electron chi connectivity index (χ4n) is 3.11. The maximum absolute atomic E-state index is 12.6. The Bertz CT molecular complexity index is 722. The first kappa shape index (κ1) is 14.6. The van der Waals surface area contributed by atoms with E-state index in [-0.39, 0.29) is 17.7 Å². The molecule has 0 bridgehead atoms. The molecule has 2 aromatic rings. The van der Waals surface area contributed by atoms with Gasteiger partial charge in [-0.25, -0.2) is 0 Å². The van der Waals surface area contributed by atoms with Crippen LogP contribution < -0.4 is 0 Å². The Kier molecular flexibility index (Phi) is 3.43. The van der Waals surface area contributed by atoms with Crippen LogP contribution in [0, 0.1) is 19.8 Å². The van der Waals surface area contributed by atoms with E-state index in [4.69, 9.17) is 9.52 Å². The molecule has 1 amide bonds. The van der Waals surface area contributed by atoms with E-state index >= 15 is 0 Å². The van der Waals surface area contributed by atoms with Crippen molar-refractivity contribution in [3.05, 3.63) is 35.1 Å². The summed E-state index contributed by atoms with van der Waals surface area (Å²) >= 11 is 0. The minimum Gasteiger partial charge on any atom is -0.481 e. The molecule has 1 aliphatic heterocycles. The number of carbonyl (C=O) groups is 2. The van der Waals surface area contributed by atoms with Gasteiger partial charge in [-0.15, -0.1) is 0 Å². The first-order chi connectivity index (χ1) is 10.4. The molecular weight excluding hydrogens is 282 g/mol. The molecule has 2 heterocycles. The number of hydrogen-bond donors (Lipinski definition) is 1. The topological polar surface area (TPSA) is 70.8 Å². The fraction of sp³-hybridized carbons (Fsp3) is 0.412. The number of nitrogens with zero attached hydrogens (tertiary/aromatic N) is 1. The molecule has 5 heteroatoms. The second-order valence-electron chi connectivity index (χ2n) is 6.06. The van der Waals surface area contributed by atoms with E-state index in [9.17, 15) is 9.59 Å². The third-order valence-electron chi connectivity index (χ3n) is 4.68. The molecule has 0 saturated carbocycles. The van der Waals surface area contributed by atoms with Crippen molar-refractivity contribution in [2.75, 3.05) is 6.54 Å². The van der Waals surface area contributed by atoms with Gasteiger partial charge in [-0.3, -0.25) is 9.59 Å². The Morgan fingerprint density at radius 1 is 1.23 bits per heavy atom. The van der Waals surface area contributed by atoms with Crippen LogP contribution >= 0.6 is 0 Å². The van der Waals surface area contributed by atoms with Gasteiger partial charge in [-0.05, 0) is 56.5 Å². The largest absolute Gasteiger partial charge is 0.481 e. The van der Waals surface area contributed by atoms with Crippen molar-refractivity contribution < 1.29 is 19.1 Å². The molecule has 22 heavy (non-hydrogen) atoms. The summed E-state index contributed by atoms with van der Waals surface area (Å²) in [6.45, 7) is 6.24. The van der Waals surface area contributed by atoms with Crippen molar-refractivity contribution in [3.63, 3.8) is 0 Å². The molecule has 5 nitrogen and oxygen atoms in total. The second-order valence-corrected chi connectivity index (χ2v) is 6.06. The highest BCUT2D eigenvalue weighted by molar-refractivity contribution is 5.97. The number of rotatable bonds is 2. The monoisotopic (exact) mass is 301 g/mol. The molecule has 1 aromatic carbocycles. The maximum atomic E-state index is 12.6. The summed E-state index contributed by atoms with van der Waals surface area (Å²) in [7, 11) is 0. The summed E-state index contributed by atoms with van der Waals surface area (Å²) in [5.41, 5.74) is 2.95. The minimum absolute atomic E-state index is 0.234. The number of fused-ring (bicyclic) bond motifs is 1. The molecule has 116 valence electrons. The van der Waals surface area contributed by atoms with Crippen molar-refractivity contribution in [2.45, 2.75) is 33.2 Å². The second kappa shape index (κ2) is 5.16. The van der Waals surface area contributed by atoms with Gasteiger partial charge in [0, 0.05) is 18.0 Å². The number of carboxylic acids is 1. The number of aliphatic carboxylic acids is 1. The first-order valence-electron chi connectivity index (χ1n) is 7.43. The first-order valence-corrected chi connectivity index (χ1v) is 7.43. The van der Waals surface area contributed by atoms with Gasteiger partial charge >= 0.3 is 5.97 Å². The van der Waals surface area contributed by atoms with Crippen LogP contribution in [0.4, 0.5) is 0 Å². The summed E-state index contributed by atoms with van der Waals surface area (Å²) in [6.07, 6.45) is 0.487. The molecule has 0 aliphatic carbocycles. The lowest BCUT2D eigenvalue weighted by atomic mass is 10.0. The van der Waals surface area contributed by atoms with E-state index in [1.165, 1.54) is 0 Å². The lowest BCUT2D eigenvalue weighted by Gasteiger charge is -2.22. The minimum atomic E-state index is -0.848. The normalized spacial score (nSPS) is 21.5. The van der Waals surface area contributed by atoms with E-state index in [2.05, 4.69) is 0 Å². The van der Waals surface area contributed by atoms with Crippen molar-refractivity contribution in [1.82, 2.24) is 4.90 Å². The molecular formula is C17H19NO4. The SMILES string of the molecule is Cc1cc2cc(C(=O)N3CCC(C(=O)O)C3C)oc2cc1C. The lowest BCUT2D eigenvalue weighted by Crippen LogP contribution is -2.37. The van der Waals surface area contributed by atoms with Crippen molar-refractivity contribution >= 4 is 22.8 Å². The molecule has 1 aromatic heterocycles. The van der Waals surface area contributed by atoms with Gasteiger partial charge in [0.2, 0.25) is 0 Å². The van der Waals surface area contributed by atoms with Gasteiger partial charge in [0.15, 0.2) is 5.76 Å².